The Labute approximate surface area is 127 Å². The van der Waals surface area contributed by atoms with Gasteiger partial charge >= 0.3 is 0 Å². The summed E-state index contributed by atoms with van der Waals surface area (Å²) >= 11 is 0. The summed E-state index contributed by atoms with van der Waals surface area (Å²) in [7, 11) is 0. The van der Waals surface area contributed by atoms with Crippen LogP contribution in [0.4, 0.5) is 5.69 Å². The van der Waals surface area contributed by atoms with Gasteiger partial charge in [-0.05, 0) is 39.0 Å². The van der Waals surface area contributed by atoms with E-state index in [-0.39, 0.29) is 5.91 Å². The van der Waals surface area contributed by atoms with Crippen molar-refractivity contribution in [2.75, 3.05) is 5.32 Å². The van der Waals surface area contributed by atoms with Gasteiger partial charge in [0.25, 0.3) is 5.91 Å². The zero-order chi connectivity index (χ0) is 15.7. The molecule has 6 heteroatoms. The Morgan fingerprint density at radius 3 is 2.64 bits per heavy atom. The van der Waals surface area contributed by atoms with Crippen LogP contribution in [0.5, 0.6) is 0 Å². The molecule has 112 valence electrons. The summed E-state index contributed by atoms with van der Waals surface area (Å²) in [5, 5.41) is 10.4. The lowest BCUT2D eigenvalue weighted by molar-refractivity contribution is 0.102. The number of hydrogen-bond donors (Lipinski definition) is 1. The maximum Gasteiger partial charge on any atom is 0.259 e. The molecule has 1 amide bonds. The Bertz CT molecular complexity index is 819. The summed E-state index contributed by atoms with van der Waals surface area (Å²) in [6, 6.07) is 7.23. The van der Waals surface area contributed by atoms with Gasteiger partial charge in [-0.15, -0.1) is 10.2 Å². The van der Waals surface area contributed by atoms with Gasteiger partial charge in [-0.3, -0.25) is 4.79 Å². The van der Waals surface area contributed by atoms with Crippen molar-refractivity contribution >= 4 is 11.6 Å². The molecule has 0 radical (unpaired) electrons. The number of furan rings is 1. The second-order valence-corrected chi connectivity index (χ2v) is 4.99. The van der Waals surface area contributed by atoms with Gasteiger partial charge in [-0.1, -0.05) is 6.07 Å². The fourth-order valence-corrected chi connectivity index (χ4v) is 2.35. The largest absolute Gasteiger partial charge is 0.466 e. The Hall–Kier alpha value is -2.89. The van der Waals surface area contributed by atoms with Crippen LogP contribution in [0.1, 0.15) is 27.4 Å². The predicted octanol–water partition coefficient (Wildman–Crippen LogP) is 3.51. The smallest absolute Gasteiger partial charge is 0.259 e. The maximum atomic E-state index is 12.4. The molecule has 22 heavy (non-hydrogen) atoms. The summed E-state index contributed by atoms with van der Waals surface area (Å²) in [6.07, 6.45) is 1.27. The number of rotatable bonds is 3. The average Bonchev–Trinajstić information content (AvgIpc) is 3.09. The van der Waals surface area contributed by atoms with Crippen molar-refractivity contribution in [2.45, 2.75) is 20.8 Å². The molecular weight excluding hydrogens is 282 g/mol. The minimum absolute atomic E-state index is 0.200. The van der Waals surface area contributed by atoms with Crippen molar-refractivity contribution in [1.82, 2.24) is 10.2 Å². The Kier molecular flexibility index (Phi) is 3.50. The van der Waals surface area contributed by atoms with E-state index in [4.69, 9.17) is 8.83 Å². The van der Waals surface area contributed by atoms with Gasteiger partial charge in [0, 0.05) is 16.8 Å². The highest BCUT2D eigenvalue weighted by Gasteiger charge is 2.18. The summed E-state index contributed by atoms with van der Waals surface area (Å²) in [5.41, 5.74) is 2.81. The Morgan fingerprint density at radius 1 is 1.18 bits per heavy atom. The first-order valence-electron chi connectivity index (χ1n) is 6.81. The number of aromatic nitrogens is 2. The minimum atomic E-state index is -0.200. The van der Waals surface area contributed by atoms with E-state index in [1.807, 2.05) is 26.0 Å². The molecule has 1 N–H and O–H groups in total. The van der Waals surface area contributed by atoms with Crippen LogP contribution < -0.4 is 5.32 Å². The molecule has 3 aromatic rings. The third-order valence-corrected chi connectivity index (χ3v) is 3.52. The number of nitrogens with zero attached hydrogens (tertiary/aromatic N) is 2. The number of carbonyl (C=O) groups is 1. The lowest BCUT2D eigenvalue weighted by Crippen LogP contribution is -2.13. The van der Waals surface area contributed by atoms with Gasteiger partial charge in [-0.2, -0.15) is 0 Å². The van der Waals surface area contributed by atoms with Crippen LogP contribution >= 0.6 is 0 Å². The summed E-state index contributed by atoms with van der Waals surface area (Å²) in [6.45, 7) is 5.49. The van der Waals surface area contributed by atoms with Gasteiger partial charge in [0.2, 0.25) is 12.3 Å². The lowest BCUT2D eigenvalue weighted by Gasteiger charge is -2.06. The molecular formula is C16H15N3O3. The molecule has 0 fully saturated rings. The molecule has 0 atom stereocenters. The van der Waals surface area contributed by atoms with E-state index >= 15 is 0 Å². The topological polar surface area (TPSA) is 81.2 Å². The van der Waals surface area contributed by atoms with Crippen LogP contribution in [0.2, 0.25) is 0 Å². The van der Waals surface area contributed by atoms with Gasteiger partial charge in [-0.25, -0.2) is 0 Å². The zero-order valence-corrected chi connectivity index (χ0v) is 12.5. The van der Waals surface area contributed by atoms with Crippen LogP contribution in [-0.2, 0) is 0 Å². The first-order chi connectivity index (χ1) is 10.6. The summed E-state index contributed by atoms with van der Waals surface area (Å²) < 4.78 is 10.6. The van der Waals surface area contributed by atoms with Crippen molar-refractivity contribution in [1.29, 1.82) is 0 Å². The van der Waals surface area contributed by atoms with Crippen molar-refractivity contribution in [3.63, 3.8) is 0 Å². The Morgan fingerprint density at radius 2 is 2.00 bits per heavy atom. The van der Waals surface area contributed by atoms with Crippen LogP contribution in [0.25, 0.3) is 11.5 Å². The van der Waals surface area contributed by atoms with E-state index in [1.165, 1.54) is 6.39 Å². The quantitative estimate of drug-likeness (QED) is 0.800. The van der Waals surface area contributed by atoms with Gasteiger partial charge in [0.05, 0.1) is 5.56 Å². The fraction of sp³-hybridized carbons (Fsp3) is 0.188. The van der Waals surface area contributed by atoms with E-state index < -0.39 is 0 Å². The molecule has 0 aliphatic carbocycles. The third-order valence-electron chi connectivity index (χ3n) is 3.52. The lowest BCUT2D eigenvalue weighted by atomic mass is 10.1. The molecule has 0 spiro atoms. The fourth-order valence-electron chi connectivity index (χ4n) is 2.35. The molecule has 6 nitrogen and oxygen atoms in total. The number of benzene rings is 1. The SMILES string of the molecule is Cc1oc(C)c(C(=O)Nc2cccc(-c3nnco3)c2)c1C. The van der Waals surface area contributed by atoms with Gasteiger partial charge in [0.1, 0.15) is 11.5 Å². The molecule has 0 saturated carbocycles. The molecule has 0 bridgehead atoms. The Balaban J connectivity index is 1.87. The number of nitrogens with one attached hydrogen (secondary N) is 1. The van der Waals surface area contributed by atoms with Crippen molar-refractivity contribution in [2.24, 2.45) is 0 Å². The molecule has 0 saturated heterocycles. The highest BCUT2D eigenvalue weighted by molar-refractivity contribution is 6.06. The standard InChI is InChI=1S/C16H15N3O3/c1-9-10(2)22-11(3)14(9)15(20)18-13-6-4-5-12(7-13)16-19-17-8-21-16/h4-8H,1-3H3,(H,18,20). The molecule has 0 unspecified atom stereocenters. The highest BCUT2D eigenvalue weighted by atomic mass is 16.4. The van der Waals surface area contributed by atoms with Gasteiger partial charge in [0.15, 0.2) is 0 Å². The number of aryl methyl sites for hydroxylation is 2. The molecule has 2 heterocycles. The first kappa shape index (κ1) is 14.1. The van der Waals surface area contributed by atoms with Crippen molar-refractivity contribution in [3.8, 4) is 11.5 Å². The van der Waals surface area contributed by atoms with Crippen LogP contribution in [-0.4, -0.2) is 16.1 Å². The van der Waals surface area contributed by atoms with Crippen LogP contribution in [0, 0.1) is 20.8 Å². The highest BCUT2D eigenvalue weighted by Crippen LogP contribution is 2.24. The third kappa shape index (κ3) is 2.50. The normalized spacial score (nSPS) is 10.7. The summed E-state index contributed by atoms with van der Waals surface area (Å²) in [4.78, 5) is 12.4. The average molecular weight is 297 g/mol. The molecule has 0 aliphatic rings. The number of amides is 1. The van der Waals surface area contributed by atoms with Crippen molar-refractivity contribution < 1.29 is 13.6 Å². The van der Waals surface area contributed by atoms with Crippen LogP contribution in [0.15, 0.2) is 39.5 Å². The number of anilines is 1. The van der Waals surface area contributed by atoms with E-state index in [0.717, 1.165) is 16.9 Å². The number of hydrogen-bond acceptors (Lipinski definition) is 5. The van der Waals surface area contributed by atoms with E-state index in [9.17, 15) is 4.79 Å². The minimum Gasteiger partial charge on any atom is -0.466 e. The van der Waals surface area contributed by atoms with Gasteiger partial charge < -0.3 is 14.2 Å². The predicted molar refractivity (Wildman–Crippen MR) is 80.6 cm³/mol. The molecule has 2 aromatic heterocycles. The second kappa shape index (κ2) is 5.48. The zero-order valence-electron chi connectivity index (χ0n) is 12.5. The summed E-state index contributed by atoms with van der Waals surface area (Å²) in [5.74, 6) is 1.57. The van der Waals surface area contributed by atoms with E-state index in [0.29, 0.717) is 22.9 Å². The molecule has 1 aromatic carbocycles. The number of carbonyl (C=O) groups excluding carboxylic acids is 1. The van der Waals surface area contributed by atoms with Crippen LogP contribution in [0.3, 0.4) is 0 Å². The first-order valence-corrected chi connectivity index (χ1v) is 6.81. The maximum absolute atomic E-state index is 12.4. The van der Waals surface area contributed by atoms with E-state index in [2.05, 4.69) is 15.5 Å². The molecule has 0 aliphatic heterocycles. The monoisotopic (exact) mass is 297 g/mol. The van der Waals surface area contributed by atoms with Crippen molar-refractivity contribution in [3.05, 3.63) is 53.3 Å². The second-order valence-electron chi connectivity index (χ2n) is 4.99. The molecule has 3 rings (SSSR count). The van der Waals surface area contributed by atoms with E-state index in [1.54, 1.807) is 19.1 Å².